The van der Waals surface area contributed by atoms with Gasteiger partial charge in [-0.25, -0.2) is 15.0 Å². The van der Waals surface area contributed by atoms with Crippen molar-refractivity contribution >= 4 is 22.5 Å². The number of hydrogen-bond donors (Lipinski definition) is 2. The number of para-hydroxylation sites is 1. The number of rotatable bonds is 5. The molecular weight excluding hydrogens is 444 g/mol. The third-order valence-electron chi connectivity index (χ3n) is 5.44. The molecule has 172 valence electrons. The molecule has 1 atom stereocenters. The minimum Gasteiger partial charge on any atom is -0.383 e. The highest BCUT2D eigenvalue weighted by Gasteiger charge is 2.23. The molecule has 1 unspecified atom stereocenters. The van der Waals surface area contributed by atoms with Crippen LogP contribution in [0.15, 0.2) is 59.7 Å². The van der Waals surface area contributed by atoms with E-state index in [1.807, 2.05) is 37.3 Å². The highest BCUT2D eigenvalue weighted by Crippen LogP contribution is 2.30. The minimum absolute atomic E-state index is 0.188. The molecular formula is C24H20N10O. The second-order valence-electron chi connectivity index (χ2n) is 7.74. The Kier molecular flexibility index (Phi) is 5.39. The lowest BCUT2D eigenvalue weighted by Gasteiger charge is -2.21. The van der Waals surface area contributed by atoms with Gasteiger partial charge in [0.2, 0.25) is 5.82 Å². The summed E-state index contributed by atoms with van der Waals surface area (Å²) in [7, 11) is 1.65. The monoisotopic (exact) mass is 464 g/mol. The second kappa shape index (κ2) is 8.68. The fraction of sp³-hybridized carbons (Fsp3) is 0.125. The zero-order valence-corrected chi connectivity index (χ0v) is 18.9. The topological polar surface area (TPSA) is 142 Å². The maximum absolute atomic E-state index is 13.8. The van der Waals surface area contributed by atoms with Crippen molar-refractivity contribution in [3.63, 3.8) is 0 Å². The van der Waals surface area contributed by atoms with Gasteiger partial charge in [0.25, 0.3) is 5.56 Å². The molecule has 3 aromatic heterocycles. The van der Waals surface area contributed by atoms with E-state index in [2.05, 4.69) is 36.6 Å². The second-order valence-corrected chi connectivity index (χ2v) is 7.74. The smallest absolute Gasteiger partial charge is 0.267 e. The van der Waals surface area contributed by atoms with Crippen LogP contribution in [0.2, 0.25) is 0 Å². The fourth-order valence-electron chi connectivity index (χ4n) is 3.87. The summed E-state index contributed by atoms with van der Waals surface area (Å²) in [6, 6.07) is 14.0. The van der Waals surface area contributed by atoms with Crippen molar-refractivity contribution in [2.24, 2.45) is 7.05 Å². The summed E-state index contributed by atoms with van der Waals surface area (Å²) >= 11 is 0. The van der Waals surface area contributed by atoms with Crippen LogP contribution >= 0.6 is 0 Å². The first kappa shape index (κ1) is 21.7. The number of fused-ring (bicyclic) bond motifs is 1. The van der Waals surface area contributed by atoms with E-state index in [4.69, 9.17) is 17.1 Å². The average molecular weight is 464 g/mol. The van der Waals surface area contributed by atoms with Gasteiger partial charge < -0.3 is 11.1 Å². The molecule has 3 N–H and O–H groups in total. The quantitative estimate of drug-likeness (QED) is 0.374. The molecule has 0 radical (unpaired) electrons. The molecule has 35 heavy (non-hydrogen) atoms. The van der Waals surface area contributed by atoms with Crippen LogP contribution in [0.25, 0.3) is 28.0 Å². The van der Waals surface area contributed by atoms with Crippen LogP contribution in [0.1, 0.15) is 24.4 Å². The van der Waals surface area contributed by atoms with Crippen LogP contribution in [0.5, 0.6) is 0 Å². The number of nitrogens with one attached hydrogen (secondary N) is 1. The number of nitrogens with two attached hydrogens (primary N) is 1. The molecule has 0 aliphatic rings. The number of nitrogen functional groups attached to an aromatic ring is 1. The molecule has 3 heterocycles. The molecule has 0 saturated carbocycles. The fourth-order valence-corrected chi connectivity index (χ4v) is 3.87. The van der Waals surface area contributed by atoms with Crippen molar-refractivity contribution in [1.29, 1.82) is 0 Å². The van der Waals surface area contributed by atoms with E-state index in [1.54, 1.807) is 29.8 Å². The third-order valence-corrected chi connectivity index (χ3v) is 5.44. The molecule has 0 saturated heterocycles. The maximum atomic E-state index is 13.8. The Morgan fingerprint density at radius 1 is 1.11 bits per heavy atom. The van der Waals surface area contributed by atoms with Crippen LogP contribution < -0.4 is 16.6 Å². The van der Waals surface area contributed by atoms with Gasteiger partial charge in [-0.15, -0.1) is 16.6 Å². The van der Waals surface area contributed by atoms with Crippen LogP contribution in [0.4, 0.5) is 11.6 Å². The van der Waals surface area contributed by atoms with Crippen LogP contribution in [0.3, 0.4) is 0 Å². The summed E-state index contributed by atoms with van der Waals surface area (Å²) in [5, 5.41) is 15.8. The Morgan fingerprint density at radius 3 is 2.63 bits per heavy atom. The van der Waals surface area contributed by atoms with Crippen molar-refractivity contribution in [2.75, 3.05) is 11.1 Å². The highest BCUT2D eigenvalue weighted by atomic mass is 16.1. The van der Waals surface area contributed by atoms with E-state index in [-0.39, 0.29) is 17.2 Å². The largest absolute Gasteiger partial charge is 0.383 e. The molecule has 0 bridgehead atoms. The average Bonchev–Trinajstić information content (AvgIpc) is 3.29. The highest BCUT2D eigenvalue weighted by molar-refractivity contribution is 5.85. The molecule has 11 nitrogen and oxygen atoms in total. The molecule has 0 spiro atoms. The van der Waals surface area contributed by atoms with E-state index in [0.29, 0.717) is 39.4 Å². The molecule has 0 fully saturated rings. The van der Waals surface area contributed by atoms with Crippen molar-refractivity contribution in [1.82, 2.24) is 39.7 Å². The Labute approximate surface area is 199 Å². The molecule has 11 heteroatoms. The number of aromatic nitrogens is 8. The number of terminal acetylenes is 1. The lowest BCUT2D eigenvalue weighted by Crippen LogP contribution is -2.28. The van der Waals surface area contributed by atoms with E-state index < -0.39 is 6.04 Å². The lowest BCUT2D eigenvalue weighted by atomic mass is 10.1. The van der Waals surface area contributed by atoms with E-state index in [1.165, 1.54) is 11.1 Å². The molecule has 0 amide bonds. The van der Waals surface area contributed by atoms with E-state index in [0.717, 1.165) is 0 Å². The van der Waals surface area contributed by atoms with Gasteiger partial charge in [-0.2, -0.15) is 4.80 Å². The van der Waals surface area contributed by atoms with E-state index in [9.17, 15) is 4.79 Å². The standard InChI is InChI=1S/C24H20N10O/c1-4-15-9-8-12-17-18(15)24(35)34(16-10-6-5-7-11-16)23(29-17)14(2)28-21-19(20(25)26-13-27-21)22-30-32-33(3)31-22/h1,5-14H,2-3H3,(H3,25,26,27,28). The van der Waals surface area contributed by atoms with Crippen molar-refractivity contribution < 1.29 is 0 Å². The van der Waals surface area contributed by atoms with Gasteiger partial charge in [0.15, 0.2) is 0 Å². The zero-order valence-electron chi connectivity index (χ0n) is 18.9. The van der Waals surface area contributed by atoms with Crippen LogP contribution in [0, 0.1) is 12.3 Å². The van der Waals surface area contributed by atoms with Gasteiger partial charge in [-0.3, -0.25) is 9.36 Å². The first-order valence-electron chi connectivity index (χ1n) is 10.7. The summed E-state index contributed by atoms with van der Waals surface area (Å²) in [5.74, 6) is 3.88. The number of nitrogens with zero attached hydrogens (tertiary/aromatic N) is 8. The number of tetrazole rings is 1. The minimum atomic E-state index is -0.494. The Bertz CT molecular complexity index is 1650. The van der Waals surface area contributed by atoms with E-state index >= 15 is 0 Å². The third kappa shape index (κ3) is 3.83. The van der Waals surface area contributed by atoms with Crippen molar-refractivity contribution in [3.8, 4) is 29.4 Å². The summed E-state index contributed by atoms with van der Waals surface area (Å²) in [6.07, 6.45) is 7.01. The molecule has 5 rings (SSSR count). The predicted molar refractivity (Wildman–Crippen MR) is 132 cm³/mol. The van der Waals surface area contributed by atoms with Crippen molar-refractivity contribution in [2.45, 2.75) is 13.0 Å². The lowest BCUT2D eigenvalue weighted by molar-refractivity contribution is 0.630. The summed E-state index contributed by atoms with van der Waals surface area (Å²) in [6.45, 7) is 1.87. The maximum Gasteiger partial charge on any atom is 0.267 e. The normalized spacial score (nSPS) is 11.8. The predicted octanol–water partition coefficient (Wildman–Crippen LogP) is 2.10. The van der Waals surface area contributed by atoms with Gasteiger partial charge in [-0.05, 0) is 36.4 Å². The number of anilines is 2. The molecule has 0 aliphatic heterocycles. The summed E-state index contributed by atoms with van der Waals surface area (Å²) in [4.78, 5) is 28.3. The Balaban J connectivity index is 1.69. The number of hydrogen-bond acceptors (Lipinski definition) is 9. The van der Waals surface area contributed by atoms with Gasteiger partial charge in [0.05, 0.1) is 29.7 Å². The Morgan fingerprint density at radius 2 is 1.91 bits per heavy atom. The summed E-state index contributed by atoms with van der Waals surface area (Å²) in [5.41, 5.74) is 7.90. The summed E-state index contributed by atoms with van der Waals surface area (Å²) < 4.78 is 1.55. The Hall–Kier alpha value is -5.11. The van der Waals surface area contributed by atoms with Crippen molar-refractivity contribution in [3.05, 3.63) is 76.6 Å². The van der Waals surface area contributed by atoms with Gasteiger partial charge >= 0.3 is 0 Å². The molecule has 0 aliphatic carbocycles. The van der Waals surface area contributed by atoms with Gasteiger partial charge in [0.1, 0.15) is 29.4 Å². The van der Waals surface area contributed by atoms with Crippen LogP contribution in [-0.2, 0) is 7.05 Å². The number of aryl methyl sites for hydroxylation is 1. The van der Waals surface area contributed by atoms with Gasteiger partial charge in [-0.1, -0.05) is 30.2 Å². The molecule has 5 aromatic rings. The zero-order chi connectivity index (χ0) is 24.5. The SMILES string of the molecule is C#Cc1cccc2nc(C(C)Nc3ncnc(N)c3-c3nnn(C)n3)n(-c3ccccc3)c(=O)c12. The van der Waals surface area contributed by atoms with Crippen LogP contribution in [-0.4, -0.2) is 39.7 Å². The number of benzene rings is 2. The first-order chi connectivity index (χ1) is 17.0. The van der Waals surface area contributed by atoms with Gasteiger partial charge in [0, 0.05) is 5.56 Å². The molecule has 2 aromatic carbocycles. The first-order valence-corrected chi connectivity index (χ1v) is 10.7.